The van der Waals surface area contributed by atoms with Crippen LogP contribution in [-0.4, -0.2) is 42.3 Å². The number of fused-ring (bicyclic) bond motifs is 3. The molecule has 3 aliphatic heterocycles. The number of ether oxygens (including phenoxy) is 3. The Kier molecular flexibility index (Phi) is 7.00. The van der Waals surface area contributed by atoms with Crippen molar-refractivity contribution in [2.45, 2.75) is 72.0 Å². The van der Waals surface area contributed by atoms with Crippen LogP contribution in [0.5, 0.6) is 11.5 Å². The third kappa shape index (κ3) is 4.71. The summed E-state index contributed by atoms with van der Waals surface area (Å²) >= 11 is 0. The summed E-state index contributed by atoms with van der Waals surface area (Å²) in [7, 11) is 0. The van der Waals surface area contributed by atoms with Crippen LogP contribution >= 0.6 is 0 Å². The fraction of sp³-hybridized carbons (Fsp3) is 0.412. The topological polar surface area (TPSA) is 85.3 Å². The first-order valence-electron chi connectivity index (χ1n) is 14.5. The maximum absolute atomic E-state index is 15.6. The number of aryl methyl sites for hydroxylation is 1. The van der Waals surface area contributed by atoms with E-state index in [2.05, 4.69) is 0 Å². The van der Waals surface area contributed by atoms with Crippen LogP contribution in [0.3, 0.4) is 0 Å². The van der Waals surface area contributed by atoms with Gasteiger partial charge >= 0.3 is 5.97 Å². The molecule has 220 valence electrons. The fourth-order valence-corrected chi connectivity index (χ4v) is 6.59. The van der Waals surface area contributed by atoms with Crippen molar-refractivity contribution in [1.29, 1.82) is 0 Å². The van der Waals surface area contributed by atoms with E-state index in [1.807, 2.05) is 52.8 Å². The van der Waals surface area contributed by atoms with Crippen molar-refractivity contribution >= 4 is 17.6 Å². The van der Waals surface area contributed by atoms with Crippen LogP contribution in [0.15, 0.2) is 30.3 Å². The van der Waals surface area contributed by atoms with E-state index in [0.29, 0.717) is 71.9 Å². The lowest BCUT2D eigenvalue weighted by Crippen LogP contribution is -2.30. The van der Waals surface area contributed by atoms with E-state index in [0.717, 1.165) is 35.1 Å². The van der Waals surface area contributed by atoms with Crippen molar-refractivity contribution in [3.05, 3.63) is 75.1 Å². The smallest absolute Gasteiger partial charge is 0.337 e. The lowest BCUT2D eigenvalue weighted by molar-refractivity contribution is -0.160. The summed E-state index contributed by atoms with van der Waals surface area (Å²) in [4.78, 5) is 28.5. The molecule has 0 unspecified atom stereocenters. The van der Waals surface area contributed by atoms with Crippen molar-refractivity contribution in [2.75, 3.05) is 24.7 Å². The van der Waals surface area contributed by atoms with E-state index in [-0.39, 0.29) is 11.7 Å². The molecule has 0 radical (unpaired) electrons. The number of hydrogen-bond donors (Lipinski definition) is 1. The van der Waals surface area contributed by atoms with Crippen molar-refractivity contribution in [3.63, 3.8) is 0 Å². The van der Waals surface area contributed by atoms with E-state index >= 15 is 4.39 Å². The SMILES string of the molecule is Cc1cc2c(c(-c3cc(F)c4c(c3C)CCCO4)c1[C@H](OC(C)(C)C)C(=O)O)CCN2C(=O)c1cccc2c1OCC2. The van der Waals surface area contributed by atoms with Crippen LogP contribution in [0.1, 0.15) is 77.0 Å². The second kappa shape index (κ2) is 10.4. The molecule has 7 nitrogen and oxygen atoms in total. The molecule has 3 aromatic carbocycles. The van der Waals surface area contributed by atoms with Crippen molar-refractivity contribution < 1.29 is 33.3 Å². The Hall–Kier alpha value is -3.91. The molecule has 8 heteroatoms. The molecule has 3 heterocycles. The Morgan fingerprint density at radius 1 is 1.02 bits per heavy atom. The highest BCUT2D eigenvalue weighted by atomic mass is 19.1. The predicted molar refractivity (Wildman–Crippen MR) is 157 cm³/mol. The second-order valence-corrected chi connectivity index (χ2v) is 12.3. The molecular formula is C34H36FNO6. The minimum atomic E-state index is -1.30. The summed E-state index contributed by atoms with van der Waals surface area (Å²) in [6.45, 7) is 10.6. The molecule has 1 atom stereocenters. The van der Waals surface area contributed by atoms with Gasteiger partial charge in [-0.25, -0.2) is 9.18 Å². The van der Waals surface area contributed by atoms with Gasteiger partial charge in [-0.2, -0.15) is 0 Å². The van der Waals surface area contributed by atoms with Gasteiger partial charge in [0.2, 0.25) is 0 Å². The summed E-state index contributed by atoms with van der Waals surface area (Å²) in [6.07, 6.45) is 1.38. The van der Waals surface area contributed by atoms with Crippen LogP contribution in [0.2, 0.25) is 0 Å². The quantitative estimate of drug-likeness (QED) is 0.375. The van der Waals surface area contributed by atoms with Crippen molar-refractivity contribution in [3.8, 4) is 22.6 Å². The minimum absolute atomic E-state index is 0.173. The summed E-state index contributed by atoms with van der Waals surface area (Å²) in [5.74, 6) is -0.881. The van der Waals surface area contributed by atoms with E-state index in [1.165, 1.54) is 6.07 Å². The van der Waals surface area contributed by atoms with E-state index in [4.69, 9.17) is 14.2 Å². The molecular weight excluding hydrogens is 537 g/mol. The van der Waals surface area contributed by atoms with E-state index in [1.54, 1.807) is 11.0 Å². The number of benzene rings is 3. The zero-order chi connectivity index (χ0) is 29.9. The zero-order valence-electron chi connectivity index (χ0n) is 24.7. The van der Waals surface area contributed by atoms with Crippen LogP contribution in [0, 0.1) is 19.7 Å². The molecule has 3 aliphatic rings. The van der Waals surface area contributed by atoms with Gasteiger partial charge in [0, 0.05) is 29.8 Å². The number of aliphatic carboxylic acids is 1. The van der Waals surface area contributed by atoms with Gasteiger partial charge < -0.3 is 24.2 Å². The monoisotopic (exact) mass is 573 g/mol. The summed E-state index contributed by atoms with van der Waals surface area (Å²) in [6, 6.07) is 8.96. The maximum atomic E-state index is 15.6. The largest absolute Gasteiger partial charge is 0.492 e. The number of amides is 1. The summed E-state index contributed by atoms with van der Waals surface area (Å²) in [5.41, 5.74) is 6.27. The Morgan fingerprint density at radius 2 is 1.79 bits per heavy atom. The Balaban J connectivity index is 1.58. The number of carbonyl (C=O) groups excluding carboxylic acids is 1. The third-order valence-electron chi connectivity index (χ3n) is 8.39. The molecule has 6 rings (SSSR count). The molecule has 0 saturated heterocycles. The van der Waals surface area contributed by atoms with Crippen LogP contribution in [-0.2, 0) is 28.8 Å². The molecule has 0 aliphatic carbocycles. The van der Waals surface area contributed by atoms with Crippen molar-refractivity contribution in [1.82, 2.24) is 0 Å². The molecule has 0 aromatic heterocycles. The normalized spacial score (nSPS) is 16.3. The van der Waals surface area contributed by atoms with Crippen LogP contribution in [0.25, 0.3) is 11.1 Å². The average Bonchev–Trinajstić information content (AvgIpc) is 3.59. The number of carboxylic acid groups (broad SMARTS) is 1. The maximum Gasteiger partial charge on any atom is 0.337 e. The Bertz CT molecular complexity index is 1620. The first-order chi connectivity index (χ1) is 20.0. The van der Waals surface area contributed by atoms with Gasteiger partial charge in [0.05, 0.1) is 24.4 Å². The van der Waals surface area contributed by atoms with Gasteiger partial charge in [0.15, 0.2) is 17.7 Å². The second-order valence-electron chi connectivity index (χ2n) is 12.3. The van der Waals surface area contributed by atoms with Gasteiger partial charge in [-0.1, -0.05) is 12.1 Å². The van der Waals surface area contributed by atoms with Crippen LogP contribution in [0.4, 0.5) is 10.1 Å². The number of rotatable bonds is 5. The number of hydrogen-bond acceptors (Lipinski definition) is 5. The highest BCUT2D eigenvalue weighted by Crippen LogP contribution is 2.48. The predicted octanol–water partition coefficient (Wildman–Crippen LogP) is 6.51. The van der Waals surface area contributed by atoms with Crippen LogP contribution < -0.4 is 14.4 Å². The lowest BCUT2D eigenvalue weighted by Gasteiger charge is -2.30. The van der Waals surface area contributed by atoms with Gasteiger partial charge in [0.25, 0.3) is 5.91 Å². The Labute approximate surface area is 245 Å². The molecule has 0 bridgehead atoms. The standard InChI is InChI=1S/C34H36FNO6/c1-18-16-26-22(11-13-36(26)32(37)23-9-6-8-20-12-15-41-29(20)23)28(27(18)31(33(38)39)42-34(3,4)5)24-17-25(35)30-21(19(24)2)10-7-14-40-30/h6,8-9,16-17,31H,7,10-15H2,1-5H3,(H,38,39)/t31-/m0/s1. The minimum Gasteiger partial charge on any atom is -0.492 e. The number of carbonyl (C=O) groups is 2. The highest BCUT2D eigenvalue weighted by molar-refractivity contribution is 6.10. The van der Waals surface area contributed by atoms with Gasteiger partial charge in [-0.05, 0) is 105 Å². The molecule has 0 saturated carbocycles. The molecule has 0 fully saturated rings. The Morgan fingerprint density at radius 3 is 2.52 bits per heavy atom. The molecule has 1 amide bonds. The number of halogens is 1. The van der Waals surface area contributed by atoms with Crippen molar-refractivity contribution in [2.24, 2.45) is 0 Å². The number of para-hydroxylation sites is 1. The molecule has 0 spiro atoms. The first-order valence-corrected chi connectivity index (χ1v) is 14.5. The summed E-state index contributed by atoms with van der Waals surface area (Å²) in [5, 5.41) is 10.4. The van der Waals surface area contributed by atoms with E-state index in [9.17, 15) is 14.7 Å². The number of anilines is 1. The fourth-order valence-electron chi connectivity index (χ4n) is 6.59. The van der Waals surface area contributed by atoms with Gasteiger partial charge in [-0.15, -0.1) is 0 Å². The summed E-state index contributed by atoms with van der Waals surface area (Å²) < 4.78 is 33.3. The zero-order valence-corrected chi connectivity index (χ0v) is 24.7. The van der Waals surface area contributed by atoms with Gasteiger partial charge in [0.1, 0.15) is 5.75 Å². The lowest BCUT2D eigenvalue weighted by atomic mass is 9.83. The number of carboxylic acids is 1. The highest BCUT2D eigenvalue weighted by Gasteiger charge is 2.38. The molecule has 3 aromatic rings. The first kappa shape index (κ1) is 28.2. The third-order valence-corrected chi connectivity index (χ3v) is 8.39. The van der Waals surface area contributed by atoms with Gasteiger partial charge in [-0.3, -0.25) is 4.79 Å². The molecule has 42 heavy (non-hydrogen) atoms. The van der Waals surface area contributed by atoms with E-state index < -0.39 is 23.5 Å². The average molecular weight is 574 g/mol. The number of nitrogens with zero attached hydrogens (tertiary/aromatic N) is 1. The molecule has 1 N–H and O–H groups in total.